The monoisotopic (exact) mass is 304 g/mol. The number of amides is 2. The summed E-state index contributed by atoms with van der Waals surface area (Å²) >= 11 is 0. The molecule has 2 amide bonds. The highest BCUT2D eigenvalue weighted by atomic mass is 16.5. The van der Waals surface area contributed by atoms with Gasteiger partial charge in [-0.25, -0.2) is 9.59 Å². The second kappa shape index (κ2) is 7.82. The predicted molar refractivity (Wildman–Crippen MR) is 86.2 cm³/mol. The Kier molecular flexibility index (Phi) is 5.81. The third-order valence-electron chi connectivity index (χ3n) is 3.94. The van der Waals surface area contributed by atoms with E-state index in [1.54, 1.807) is 19.1 Å². The van der Waals surface area contributed by atoms with Gasteiger partial charge in [0.2, 0.25) is 0 Å². The number of ether oxygens (including phenoxy) is 1. The lowest BCUT2D eigenvalue weighted by Gasteiger charge is -2.23. The number of esters is 1. The molecule has 5 nitrogen and oxygen atoms in total. The van der Waals surface area contributed by atoms with E-state index < -0.39 is 0 Å². The van der Waals surface area contributed by atoms with Gasteiger partial charge in [-0.15, -0.1) is 0 Å². The standard InChI is InChI=1S/C17H24N2O3/c1-3-22-16(20)13-10-9-12(2)15(11-13)19-17(21)18-14-7-5-4-6-8-14/h9-11,14H,3-8H2,1-2H3,(H2,18,19,21). The minimum Gasteiger partial charge on any atom is -0.462 e. The molecule has 2 N–H and O–H groups in total. The van der Waals surface area contributed by atoms with E-state index in [1.807, 2.05) is 13.0 Å². The van der Waals surface area contributed by atoms with E-state index in [4.69, 9.17) is 4.74 Å². The highest BCUT2D eigenvalue weighted by Crippen LogP contribution is 2.19. The summed E-state index contributed by atoms with van der Waals surface area (Å²) in [5.41, 5.74) is 1.99. The lowest BCUT2D eigenvalue weighted by Crippen LogP contribution is -2.39. The first-order chi connectivity index (χ1) is 10.6. The molecule has 1 aliphatic carbocycles. The molecule has 0 aromatic heterocycles. The zero-order chi connectivity index (χ0) is 15.9. The molecular weight excluding hydrogens is 280 g/mol. The van der Waals surface area contributed by atoms with Crippen molar-refractivity contribution in [2.45, 2.75) is 52.0 Å². The first-order valence-corrected chi connectivity index (χ1v) is 7.95. The smallest absolute Gasteiger partial charge is 0.338 e. The van der Waals surface area contributed by atoms with Crippen LogP contribution in [-0.2, 0) is 4.74 Å². The third-order valence-corrected chi connectivity index (χ3v) is 3.94. The SMILES string of the molecule is CCOC(=O)c1ccc(C)c(NC(=O)NC2CCCCC2)c1. The van der Waals surface area contributed by atoms with E-state index in [0.717, 1.165) is 18.4 Å². The third kappa shape index (κ3) is 4.48. The normalized spacial score (nSPS) is 15.2. The average molecular weight is 304 g/mol. The van der Waals surface area contributed by atoms with Crippen molar-refractivity contribution in [2.24, 2.45) is 0 Å². The molecule has 1 fully saturated rings. The molecule has 0 unspecified atom stereocenters. The summed E-state index contributed by atoms with van der Waals surface area (Å²) in [7, 11) is 0. The van der Waals surface area contributed by atoms with Crippen molar-refractivity contribution >= 4 is 17.7 Å². The number of benzene rings is 1. The van der Waals surface area contributed by atoms with Crippen LogP contribution in [0.2, 0.25) is 0 Å². The van der Waals surface area contributed by atoms with Gasteiger partial charge in [0.25, 0.3) is 0 Å². The molecule has 1 saturated carbocycles. The molecule has 0 spiro atoms. The first kappa shape index (κ1) is 16.3. The van der Waals surface area contributed by atoms with Crippen molar-refractivity contribution in [3.05, 3.63) is 29.3 Å². The number of carbonyl (C=O) groups is 2. The van der Waals surface area contributed by atoms with Crippen LogP contribution in [0, 0.1) is 6.92 Å². The van der Waals surface area contributed by atoms with Crippen LogP contribution >= 0.6 is 0 Å². The number of hydrogen-bond donors (Lipinski definition) is 2. The van der Waals surface area contributed by atoms with Crippen LogP contribution in [0.4, 0.5) is 10.5 Å². The van der Waals surface area contributed by atoms with Crippen molar-refractivity contribution in [1.82, 2.24) is 5.32 Å². The summed E-state index contributed by atoms with van der Waals surface area (Å²) in [5.74, 6) is -0.377. The summed E-state index contributed by atoms with van der Waals surface area (Å²) in [4.78, 5) is 23.9. The Hall–Kier alpha value is -2.04. The van der Waals surface area contributed by atoms with Crippen molar-refractivity contribution in [3.8, 4) is 0 Å². The Morgan fingerprint density at radius 2 is 1.95 bits per heavy atom. The number of urea groups is 1. The van der Waals surface area contributed by atoms with Gasteiger partial charge in [-0.05, 0) is 44.4 Å². The van der Waals surface area contributed by atoms with Gasteiger partial charge in [-0.3, -0.25) is 0 Å². The van der Waals surface area contributed by atoms with E-state index in [2.05, 4.69) is 10.6 Å². The zero-order valence-corrected chi connectivity index (χ0v) is 13.3. The minimum absolute atomic E-state index is 0.212. The van der Waals surface area contributed by atoms with Gasteiger partial charge in [-0.1, -0.05) is 25.3 Å². The van der Waals surface area contributed by atoms with Crippen LogP contribution in [0.5, 0.6) is 0 Å². The molecule has 2 rings (SSSR count). The van der Waals surface area contributed by atoms with Gasteiger partial charge in [-0.2, -0.15) is 0 Å². The molecule has 5 heteroatoms. The predicted octanol–water partition coefficient (Wildman–Crippen LogP) is 3.63. The molecule has 0 saturated heterocycles. The molecule has 1 aromatic carbocycles. The maximum Gasteiger partial charge on any atom is 0.338 e. The molecule has 1 aromatic rings. The van der Waals surface area contributed by atoms with Crippen molar-refractivity contribution < 1.29 is 14.3 Å². The lowest BCUT2D eigenvalue weighted by molar-refractivity contribution is 0.0526. The molecular formula is C17H24N2O3. The molecule has 0 aliphatic heterocycles. The zero-order valence-electron chi connectivity index (χ0n) is 13.3. The second-order valence-electron chi connectivity index (χ2n) is 5.68. The van der Waals surface area contributed by atoms with Gasteiger partial charge < -0.3 is 15.4 Å². The van der Waals surface area contributed by atoms with Crippen LogP contribution < -0.4 is 10.6 Å². The van der Waals surface area contributed by atoms with Crippen LogP contribution in [0.25, 0.3) is 0 Å². The van der Waals surface area contributed by atoms with Crippen LogP contribution in [0.15, 0.2) is 18.2 Å². The highest BCUT2D eigenvalue weighted by molar-refractivity contribution is 5.94. The summed E-state index contributed by atoms with van der Waals surface area (Å²) < 4.78 is 4.98. The van der Waals surface area contributed by atoms with Crippen LogP contribution in [0.1, 0.15) is 54.9 Å². The van der Waals surface area contributed by atoms with Crippen LogP contribution in [0.3, 0.4) is 0 Å². The fraction of sp³-hybridized carbons (Fsp3) is 0.529. The maximum atomic E-state index is 12.1. The molecule has 0 radical (unpaired) electrons. The number of rotatable bonds is 4. The van der Waals surface area contributed by atoms with Gasteiger partial charge in [0, 0.05) is 11.7 Å². The average Bonchev–Trinajstić information content (AvgIpc) is 2.50. The fourth-order valence-electron chi connectivity index (χ4n) is 2.69. The quantitative estimate of drug-likeness (QED) is 0.835. The van der Waals surface area contributed by atoms with Crippen molar-refractivity contribution in [2.75, 3.05) is 11.9 Å². The van der Waals surface area contributed by atoms with E-state index >= 15 is 0 Å². The van der Waals surface area contributed by atoms with Gasteiger partial charge >= 0.3 is 12.0 Å². The Balaban J connectivity index is 1.99. The number of hydrogen-bond acceptors (Lipinski definition) is 3. The number of nitrogens with one attached hydrogen (secondary N) is 2. The second-order valence-corrected chi connectivity index (χ2v) is 5.68. The van der Waals surface area contributed by atoms with Crippen molar-refractivity contribution in [1.29, 1.82) is 0 Å². The maximum absolute atomic E-state index is 12.1. The molecule has 22 heavy (non-hydrogen) atoms. The molecule has 120 valence electrons. The Morgan fingerprint density at radius 1 is 1.23 bits per heavy atom. The summed E-state index contributed by atoms with van der Waals surface area (Å²) in [6.45, 7) is 3.99. The number of aryl methyl sites for hydroxylation is 1. The van der Waals surface area contributed by atoms with E-state index in [0.29, 0.717) is 17.9 Å². The Morgan fingerprint density at radius 3 is 2.64 bits per heavy atom. The van der Waals surface area contributed by atoms with E-state index in [-0.39, 0.29) is 18.0 Å². The summed E-state index contributed by atoms with van der Waals surface area (Å²) in [6, 6.07) is 5.21. The topological polar surface area (TPSA) is 67.4 Å². The lowest BCUT2D eigenvalue weighted by atomic mass is 9.96. The fourth-order valence-corrected chi connectivity index (χ4v) is 2.69. The molecule has 0 atom stereocenters. The largest absolute Gasteiger partial charge is 0.462 e. The van der Waals surface area contributed by atoms with Gasteiger partial charge in [0.15, 0.2) is 0 Å². The molecule has 1 aliphatic rings. The van der Waals surface area contributed by atoms with Crippen LogP contribution in [-0.4, -0.2) is 24.6 Å². The molecule has 0 bridgehead atoms. The van der Waals surface area contributed by atoms with Crippen molar-refractivity contribution in [3.63, 3.8) is 0 Å². The van der Waals surface area contributed by atoms with E-state index in [9.17, 15) is 9.59 Å². The van der Waals surface area contributed by atoms with E-state index in [1.165, 1.54) is 19.3 Å². The highest BCUT2D eigenvalue weighted by Gasteiger charge is 2.16. The summed E-state index contributed by atoms with van der Waals surface area (Å²) in [5, 5.41) is 5.84. The minimum atomic E-state index is -0.377. The number of anilines is 1. The first-order valence-electron chi connectivity index (χ1n) is 7.95. The summed E-state index contributed by atoms with van der Waals surface area (Å²) in [6.07, 6.45) is 5.66. The van der Waals surface area contributed by atoms with Gasteiger partial charge in [0.1, 0.15) is 0 Å². The number of carbonyl (C=O) groups excluding carboxylic acids is 2. The molecule has 0 heterocycles. The van der Waals surface area contributed by atoms with Gasteiger partial charge in [0.05, 0.1) is 12.2 Å². The Labute approximate surface area is 131 Å². The Bertz CT molecular complexity index is 537.